The highest BCUT2D eigenvalue weighted by Crippen LogP contribution is 2.30. The summed E-state index contributed by atoms with van der Waals surface area (Å²) < 4.78 is 22.9. The van der Waals surface area contributed by atoms with Crippen LogP contribution in [0.5, 0.6) is 0 Å². The van der Waals surface area contributed by atoms with Crippen LogP contribution in [0.3, 0.4) is 0 Å². The van der Waals surface area contributed by atoms with Crippen molar-refractivity contribution < 1.29 is 49.3 Å². The minimum atomic E-state index is -1.46. The van der Waals surface area contributed by atoms with Crippen molar-refractivity contribution in [1.82, 2.24) is 5.32 Å². The summed E-state index contributed by atoms with van der Waals surface area (Å²) in [5, 5.41) is 53.7. The molecule has 0 bridgehead atoms. The second kappa shape index (κ2) is 12.0. The molecular weight excluding hydrogens is 470 g/mol. The number of amides is 1. The summed E-state index contributed by atoms with van der Waals surface area (Å²) in [5.41, 5.74) is 24.3. The Morgan fingerprint density at radius 3 is 2.00 bits per heavy atom. The minimum Gasteiger partial charge on any atom is -0.394 e. The molecular formula is C20H39N5O10. The number of ether oxygens (including phenoxy) is 4. The zero-order valence-corrected chi connectivity index (χ0v) is 19.5. The van der Waals surface area contributed by atoms with Gasteiger partial charge in [-0.15, -0.1) is 0 Å². The molecule has 1 amide bonds. The third-order valence-corrected chi connectivity index (χ3v) is 6.73. The fourth-order valence-corrected chi connectivity index (χ4v) is 4.64. The quantitative estimate of drug-likeness (QED) is 0.153. The summed E-state index contributed by atoms with van der Waals surface area (Å²) in [6.45, 7) is 0.798. The first-order chi connectivity index (χ1) is 16.4. The van der Waals surface area contributed by atoms with Crippen LogP contribution >= 0.6 is 0 Å². The highest BCUT2D eigenvalue weighted by molar-refractivity contribution is 5.72. The number of aliphatic hydroxyl groups excluding tert-OH is 5. The van der Waals surface area contributed by atoms with Crippen LogP contribution in [-0.4, -0.2) is 130 Å². The Labute approximate surface area is 202 Å². The highest BCUT2D eigenvalue weighted by Gasteiger charge is 2.50. The van der Waals surface area contributed by atoms with Crippen LogP contribution in [0.25, 0.3) is 0 Å². The number of aliphatic hydroxyl groups is 5. The Morgan fingerprint density at radius 2 is 1.43 bits per heavy atom. The fraction of sp³-hybridized carbons (Fsp3) is 0.950. The van der Waals surface area contributed by atoms with E-state index in [1.807, 2.05) is 0 Å². The Balaban J connectivity index is 1.69. The molecule has 2 heterocycles. The van der Waals surface area contributed by atoms with E-state index < -0.39 is 92.2 Å². The normalized spacial score (nSPS) is 49.0. The van der Waals surface area contributed by atoms with Gasteiger partial charge in [0.15, 0.2) is 12.6 Å². The van der Waals surface area contributed by atoms with E-state index >= 15 is 0 Å². The van der Waals surface area contributed by atoms with Crippen molar-refractivity contribution in [3.63, 3.8) is 0 Å². The molecule has 3 fully saturated rings. The lowest BCUT2D eigenvalue weighted by Gasteiger charge is -2.47. The molecule has 0 aromatic heterocycles. The summed E-state index contributed by atoms with van der Waals surface area (Å²) in [5.74, 6) is -0.297. The maximum Gasteiger partial charge on any atom is 0.216 e. The van der Waals surface area contributed by atoms with E-state index in [1.54, 1.807) is 0 Å². The molecule has 14 N–H and O–H groups in total. The first-order valence-corrected chi connectivity index (χ1v) is 11.7. The number of carbonyl (C=O) groups excluding carboxylic acids is 1. The average Bonchev–Trinajstić information content (AvgIpc) is 2.79. The summed E-state index contributed by atoms with van der Waals surface area (Å²) >= 11 is 0. The van der Waals surface area contributed by atoms with Gasteiger partial charge in [0.1, 0.15) is 42.7 Å². The van der Waals surface area contributed by atoms with E-state index in [0.717, 1.165) is 0 Å². The molecule has 3 rings (SSSR count). The summed E-state index contributed by atoms with van der Waals surface area (Å²) in [4.78, 5) is 11.2. The second-order valence-corrected chi connectivity index (χ2v) is 9.49. The largest absolute Gasteiger partial charge is 0.394 e. The van der Waals surface area contributed by atoms with Crippen molar-refractivity contribution in [3.8, 4) is 0 Å². The van der Waals surface area contributed by atoms with Crippen molar-refractivity contribution >= 4 is 5.91 Å². The molecule has 15 nitrogen and oxygen atoms in total. The molecule has 1 saturated carbocycles. The SMILES string of the molecule is CC(=O)NC[C@H]1O[C@H](O[C@H]2[C@H](O)[C@@H](O[C@H]3O[C@H](CO)[C@@H](O)[C@H](N)[C@H]3O)[C@H](N)C[C@@H]2N)[C@H](N)C[C@@H]1O. The molecule has 0 aromatic rings. The molecule has 0 unspecified atom stereocenters. The van der Waals surface area contributed by atoms with Gasteiger partial charge in [0.05, 0.1) is 24.8 Å². The summed E-state index contributed by atoms with van der Waals surface area (Å²) in [7, 11) is 0. The van der Waals surface area contributed by atoms with Crippen LogP contribution in [0, 0.1) is 0 Å². The lowest BCUT2D eigenvalue weighted by Crippen LogP contribution is -2.68. The molecule has 0 spiro atoms. The molecule has 1 aliphatic carbocycles. The molecule has 2 aliphatic heterocycles. The van der Waals surface area contributed by atoms with E-state index in [-0.39, 0.29) is 25.3 Å². The number of hydrogen-bond donors (Lipinski definition) is 10. The summed E-state index contributed by atoms with van der Waals surface area (Å²) in [6, 6.07) is -3.43. The zero-order valence-electron chi connectivity index (χ0n) is 19.5. The third-order valence-electron chi connectivity index (χ3n) is 6.73. The minimum absolute atomic E-state index is 0.0357. The van der Waals surface area contributed by atoms with E-state index in [9.17, 15) is 30.3 Å². The van der Waals surface area contributed by atoms with Crippen LogP contribution in [0.4, 0.5) is 0 Å². The number of carbonyl (C=O) groups is 1. The van der Waals surface area contributed by atoms with E-state index in [1.165, 1.54) is 6.92 Å². The van der Waals surface area contributed by atoms with Gasteiger partial charge in [-0.1, -0.05) is 0 Å². The van der Waals surface area contributed by atoms with Gasteiger partial charge in [-0.05, 0) is 12.8 Å². The number of nitrogens with one attached hydrogen (secondary N) is 1. The standard InChI is InChI=1S/C20H39N5O10/c1-6(27)25-4-11-10(28)3-9(23)19(32-11)34-17-7(21)2-8(22)18(16(17)31)35-20-15(30)13(24)14(29)12(5-26)33-20/h7-20,26,28-31H,2-5,21-24H2,1H3,(H,25,27)/t7-,8+,9+,10-,11+,12+,13-,14+,15+,16-,17+,18-,19+,20+/m0/s1. The molecule has 14 atom stereocenters. The van der Waals surface area contributed by atoms with Crippen LogP contribution < -0.4 is 28.3 Å². The van der Waals surface area contributed by atoms with Gasteiger partial charge in [0.2, 0.25) is 5.91 Å². The monoisotopic (exact) mass is 509 g/mol. The van der Waals surface area contributed by atoms with E-state index in [2.05, 4.69) is 5.32 Å². The first-order valence-electron chi connectivity index (χ1n) is 11.7. The van der Waals surface area contributed by atoms with Crippen molar-refractivity contribution in [1.29, 1.82) is 0 Å². The topological polar surface area (TPSA) is 271 Å². The van der Waals surface area contributed by atoms with Gasteiger partial charge in [0.25, 0.3) is 0 Å². The zero-order chi connectivity index (χ0) is 26.0. The molecule has 3 aliphatic rings. The van der Waals surface area contributed by atoms with Crippen LogP contribution in [0.1, 0.15) is 19.8 Å². The van der Waals surface area contributed by atoms with Crippen molar-refractivity contribution in [2.75, 3.05) is 13.2 Å². The Hall–Kier alpha value is -1.05. The Kier molecular flexibility index (Phi) is 9.78. The molecule has 0 radical (unpaired) electrons. The van der Waals surface area contributed by atoms with Gasteiger partial charge in [0, 0.05) is 25.6 Å². The molecule has 2 saturated heterocycles. The molecule has 0 aromatic carbocycles. The molecule has 204 valence electrons. The molecule has 15 heteroatoms. The van der Waals surface area contributed by atoms with Crippen molar-refractivity contribution in [2.45, 2.75) is 105 Å². The lowest BCUT2D eigenvalue weighted by atomic mass is 9.84. The fourth-order valence-electron chi connectivity index (χ4n) is 4.64. The second-order valence-electron chi connectivity index (χ2n) is 9.49. The first kappa shape index (κ1) is 28.5. The number of nitrogens with two attached hydrogens (primary N) is 4. The van der Waals surface area contributed by atoms with Crippen molar-refractivity contribution in [3.05, 3.63) is 0 Å². The Morgan fingerprint density at radius 1 is 0.857 bits per heavy atom. The highest BCUT2D eigenvalue weighted by atomic mass is 16.7. The number of hydrogen-bond acceptors (Lipinski definition) is 14. The van der Waals surface area contributed by atoms with Gasteiger partial charge in [-0.25, -0.2) is 0 Å². The number of rotatable bonds is 7. The van der Waals surface area contributed by atoms with Crippen molar-refractivity contribution in [2.24, 2.45) is 22.9 Å². The van der Waals surface area contributed by atoms with E-state index in [4.69, 9.17) is 41.9 Å². The predicted octanol–water partition coefficient (Wildman–Crippen LogP) is -6.12. The lowest BCUT2D eigenvalue weighted by molar-refractivity contribution is -0.315. The maximum absolute atomic E-state index is 11.2. The molecule has 35 heavy (non-hydrogen) atoms. The predicted molar refractivity (Wildman–Crippen MR) is 118 cm³/mol. The van der Waals surface area contributed by atoms with Crippen LogP contribution in [0.15, 0.2) is 0 Å². The third kappa shape index (κ3) is 6.45. The van der Waals surface area contributed by atoms with Gasteiger partial charge < -0.3 is 72.7 Å². The maximum atomic E-state index is 11.2. The van der Waals surface area contributed by atoms with Gasteiger partial charge in [-0.3, -0.25) is 4.79 Å². The van der Waals surface area contributed by atoms with Gasteiger partial charge in [-0.2, -0.15) is 0 Å². The average molecular weight is 510 g/mol. The van der Waals surface area contributed by atoms with Crippen LogP contribution in [-0.2, 0) is 23.7 Å². The summed E-state index contributed by atoms with van der Waals surface area (Å²) in [6.07, 6.45) is -11.4. The van der Waals surface area contributed by atoms with Gasteiger partial charge >= 0.3 is 0 Å². The Bertz CT molecular complexity index is 707. The smallest absolute Gasteiger partial charge is 0.216 e. The van der Waals surface area contributed by atoms with Crippen LogP contribution in [0.2, 0.25) is 0 Å². The van der Waals surface area contributed by atoms with E-state index in [0.29, 0.717) is 0 Å².